The molecule has 0 radical (unpaired) electrons. The van der Waals surface area contributed by atoms with Crippen molar-refractivity contribution in [2.45, 2.75) is 51.6 Å². The Morgan fingerprint density at radius 2 is 1.91 bits per heavy atom. The number of allylic oxidation sites excluding steroid dienone is 1. The van der Waals surface area contributed by atoms with Crippen molar-refractivity contribution in [3.8, 4) is 0 Å². The van der Waals surface area contributed by atoms with E-state index in [4.69, 9.17) is 18.9 Å². The van der Waals surface area contributed by atoms with Crippen LogP contribution in [0.25, 0.3) is 0 Å². The van der Waals surface area contributed by atoms with Crippen LogP contribution >= 0.6 is 0 Å². The lowest BCUT2D eigenvalue weighted by atomic mass is 9.80. The maximum atomic E-state index is 13.1. The molecule has 9 heteroatoms. The highest BCUT2D eigenvalue weighted by atomic mass is 16.6. The largest absolute Gasteiger partial charge is 0.475 e. The Morgan fingerprint density at radius 1 is 1.24 bits per heavy atom. The predicted molar refractivity (Wildman–Crippen MR) is 114 cm³/mol. The molecule has 0 amide bonds. The number of ketones is 1. The number of carbonyl (C=O) groups is 4. The zero-order chi connectivity index (χ0) is 24.7. The van der Waals surface area contributed by atoms with Gasteiger partial charge >= 0.3 is 17.9 Å². The average molecular weight is 458 g/mol. The van der Waals surface area contributed by atoms with Crippen LogP contribution in [0.3, 0.4) is 0 Å². The van der Waals surface area contributed by atoms with Crippen molar-refractivity contribution in [2.75, 3.05) is 6.61 Å². The van der Waals surface area contributed by atoms with Gasteiger partial charge in [0.1, 0.15) is 11.9 Å². The fourth-order valence-electron chi connectivity index (χ4n) is 3.83. The third-order valence-corrected chi connectivity index (χ3v) is 5.96. The van der Waals surface area contributed by atoms with Gasteiger partial charge in [0.2, 0.25) is 11.4 Å². The zero-order valence-electron chi connectivity index (χ0n) is 18.9. The second kappa shape index (κ2) is 8.82. The van der Waals surface area contributed by atoms with Gasteiger partial charge in [-0.15, -0.1) is 0 Å². The van der Waals surface area contributed by atoms with E-state index in [1.54, 1.807) is 6.92 Å². The maximum Gasteiger partial charge on any atom is 0.334 e. The van der Waals surface area contributed by atoms with Crippen molar-refractivity contribution in [3.63, 3.8) is 0 Å². The number of rotatable bonds is 5. The van der Waals surface area contributed by atoms with Gasteiger partial charge in [0, 0.05) is 28.4 Å². The molecule has 2 bridgehead atoms. The summed E-state index contributed by atoms with van der Waals surface area (Å²) in [6, 6.07) is 0. The van der Waals surface area contributed by atoms with E-state index in [0.717, 1.165) is 6.08 Å². The number of carbonyl (C=O) groups excluding carboxylic acids is 4. The van der Waals surface area contributed by atoms with Crippen molar-refractivity contribution in [1.29, 1.82) is 0 Å². The Labute approximate surface area is 191 Å². The van der Waals surface area contributed by atoms with Crippen molar-refractivity contribution in [2.24, 2.45) is 5.92 Å². The van der Waals surface area contributed by atoms with Crippen LogP contribution < -0.4 is 0 Å². The van der Waals surface area contributed by atoms with E-state index < -0.39 is 60.1 Å². The first-order valence-electron chi connectivity index (χ1n) is 10.3. The van der Waals surface area contributed by atoms with Gasteiger partial charge in [-0.3, -0.25) is 4.79 Å². The first-order valence-corrected chi connectivity index (χ1v) is 10.3. The average Bonchev–Trinajstić information content (AvgIpc) is 3.23. The molecule has 1 N–H and O–H groups in total. The van der Waals surface area contributed by atoms with Crippen LogP contribution in [0.5, 0.6) is 0 Å². The molecular weight excluding hydrogens is 432 g/mol. The number of aliphatic hydroxyl groups excluding tert-OH is 1. The van der Waals surface area contributed by atoms with Crippen molar-refractivity contribution >= 4 is 23.7 Å². The van der Waals surface area contributed by atoms with Gasteiger partial charge in [-0.2, -0.15) is 0 Å². The Balaban J connectivity index is 2.24. The fourth-order valence-corrected chi connectivity index (χ4v) is 3.83. The highest BCUT2D eigenvalue weighted by Gasteiger charge is 2.60. The Kier molecular flexibility index (Phi) is 6.46. The van der Waals surface area contributed by atoms with Crippen LogP contribution in [0.4, 0.5) is 0 Å². The Morgan fingerprint density at radius 3 is 2.48 bits per heavy atom. The summed E-state index contributed by atoms with van der Waals surface area (Å²) < 4.78 is 22.7. The van der Waals surface area contributed by atoms with Crippen LogP contribution in [0.1, 0.15) is 27.7 Å². The summed E-state index contributed by atoms with van der Waals surface area (Å²) in [5.41, 5.74) is -1.39. The molecule has 3 aliphatic rings. The number of esters is 3. The third kappa shape index (κ3) is 4.16. The number of aliphatic hydroxyl groups is 1. The van der Waals surface area contributed by atoms with E-state index in [9.17, 15) is 24.3 Å². The Hall–Kier alpha value is -3.46. The minimum absolute atomic E-state index is 0.0352. The van der Waals surface area contributed by atoms with E-state index in [1.807, 2.05) is 0 Å². The molecule has 1 fully saturated rings. The topological polar surface area (TPSA) is 125 Å². The molecule has 176 valence electrons. The van der Waals surface area contributed by atoms with Gasteiger partial charge in [0.05, 0.1) is 12.5 Å². The monoisotopic (exact) mass is 458 g/mol. The quantitative estimate of drug-likeness (QED) is 0.372. The van der Waals surface area contributed by atoms with E-state index >= 15 is 0 Å². The van der Waals surface area contributed by atoms with Gasteiger partial charge in [-0.1, -0.05) is 19.2 Å². The smallest absolute Gasteiger partial charge is 0.334 e. The lowest BCUT2D eigenvalue weighted by molar-refractivity contribution is -0.191. The molecule has 3 aliphatic heterocycles. The van der Waals surface area contributed by atoms with Crippen molar-refractivity contribution in [3.05, 3.63) is 59.4 Å². The zero-order valence-corrected chi connectivity index (χ0v) is 18.9. The molecule has 0 saturated carbocycles. The molecule has 3 heterocycles. The third-order valence-electron chi connectivity index (χ3n) is 5.96. The molecule has 33 heavy (non-hydrogen) atoms. The van der Waals surface area contributed by atoms with Crippen LogP contribution in [0, 0.1) is 5.92 Å². The summed E-state index contributed by atoms with van der Waals surface area (Å²) >= 11 is 0. The highest BCUT2D eigenvalue weighted by molar-refractivity contribution is 6.01. The maximum absolute atomic E-state index is 13.1. The number of hydrogen-bond donors (Lipinski definition) is 1. The summed E-state index contributed by atoms with van der Waals surface area (Å²) in [5, 5.41) is 9.89. The van der Waals surface area contributed by atoms with Gasteiger partial charge < -0.3 is 24.1 Å². The SMILES string of the molecule is C=C(C)C(=O)OC1C2C(=C)C(=O)OC2C=C(CO)C2=CC(=O)C(C)(O2)C1OC(=O)C(C)=CC. The molecule has 0 aromatic heterocycles. The number of fused-ring (bicyclic) bond motifs is 3. The van der Waals surface area contributed by atoms with Crippen molar-refractivity contribution in [1.82, 2.24) is 0 Å². The van der Waals surface area contributed by atoms with Gasteiger partial charge in [0.15, 0.2) is 12.2 Å². The predicted octanol–water partition coefficient (Wildman–Crippen LogP) is 1.62. The van der Waals surface area contributed by atoms with E-state index in [0.29, 0.717) is 0 Å². The molecule has 0 aliphatic carbocycles. The van der Waals surface area contributed by atoms with Crippen LogP contribution in [-0.4, -0.2) is 59.3 Å². The molecular formula is C24H26O9. The minimum atomic E-state index is -1.83. The summed E-state index contributed by atoms with van der Waals surface area (Å²) in [7, 11) is 0. The van der Waals surface area contributed by atoms with E-state index in [2.05, 4.69) is 13.2 Å². The lowest BCUT2D eigenvalue weighted by Crippen LogP contribution is -2.57. The summed E-state index contributed by atoms with van der Waals surface area (Å²) in [6.45, 7) is 12.8. The van der Waals surface area contributed by atoms with Gasteiger partial charge in [0.25, 0.3) is 0 Å². The first kappa shape index (κ1) is 24.2. The van der Waals surface area contributed by atoms with Crippen LogP contribution in [0.15, 0.2) is 59.4 Å². The Bertz CT molecular complexity index is 1040. The second-order valence-corrected chi connectivity index (χ2v) is 8.30. The van der Waals surface area contributed by atoms with Crippen molar-refractivity contribution < 1.29 is 43.2 Å². The normalized spacial score (nSPS) is 31.2. The van der Waals surface area contributed by atoms with Gasteiger partial charge in [-0.05, 0) is 33.8 Å². The molecule has 9 nitrogen and oxygen atoms in total. The molecule has 0 spiro atoms. The first-order chi connectivity index (χ1) is 15.4. The minimum Gasteiger partial charge on any atom is -0.475 e. The van der Waals surface area contributed by atoms with E-state index in [1.165, 1.54) is 32.9 Å². The van der Waals surface area contributed by atoms with Crippen LogP contribution in [-0.2, 0) is 38.1 Å². The highest BCUT2D eigenvalue weighted by Crippen LogP contribution is 2.44. The summed E-state index contributed by atoms with van der Waals surface area (Å²) in [4.78, 5) is 50.9. The summed E-state index contributed by atoms with van der Waals surface area (Å²) in [6.07, 6.45) is 0.174. The lowest BCUT2D eigenvalue weighted by Gasteiger charge is -2.39. The summed E-state index contributed by atoms with van der Waals surface area (Å²) in [5.74, 6) is -3.91. The second-order valence-electron chi connectivity index (χ2n) is 8.30. The fraction of sp³-hybridized carbons (Fsp3) is 0.417. The molecule has 1 saturated heterocycles. The van der Waals surface area contributed by atoms with Gasteiger partial charge in [-0.25, -0.2) is 14.4 Å². The van der Waals surface area contributed by atoms with E-state index in [-0.39, 0.29) is 28.1 Å². The standard InChI is InChI=1S/C24H26O9/c1-7-12(4)22(28)32-20-19(31-21(27)11(2)3)18-13(5)23(29)30-16(18)8-14(10-25)15-9-17(26)24(20,6)33-15/h7-9,16,18-20,25H,2,5,10H2,1,3-4,6H3. The van der Waals surface area contributed by atoms with Crippen LogP contribution in [0.2, 0.25) is 0 Å². The molecule has 5 atom stereocenters. The number of hydrogen-bond acceptors (Lipinski definition) is 9. The molecule has 0 aromatic rings. The number of ether oxygens (including phenoxy) is 4. The molecule has 0 aromatic carbocycles. The molecule has 5 unspecified atom stereocenters. The molecule has 3 rings (SSSR count).